The molecule has 9 heteroatoms. The number of hydrogen-bond acceptors (Lipinski definition) is 5. The van der Waals surface area contributed by atoms with Crippen molar-refractivity contribution in [2.24, 2.45) is 5.92 Å². The maximum absolute atomic E-state index is 12.7. The van der Waals surface area contributed by atoms with E-state index in [-0.39, 0.29) is 11.8 Å². The highest BCUT2D eigenvalue weighted by Gasteiger charge is 2.31. The fourth-order valence-corrected chi connectivity index (χ4v) is 4.50. The number of nitrogens with zero attached hydrogens (tertiary/aromatic N) is 3. The number of anilines is 1. The summed E-state index contributed by atoms with van der Waals surface area (Å²) < 4.78 is 43.4. The van der Waals surface area contributed by atoms with Crippen LogP contribution in [0.5, 0.6) is 5.75 Å². The van der Waals surface area contributed by atoms with E-state index < -0.39 is 11.7 Å². The molecule has 3 heterocycles. The standard InChI is InChI=1S/C24H29F3N4O2/c1-33-21-4-2-19-16-30(10-6-18(19)14-21)13-9-28-23(32)17-7-11-31(12-8-17)22-5-3-20(15-29-22)24(25,26)27/h2-5,14-15,17H,6-13,16H2,1H3,(H,28,32). The number of piperidine rings is 1. The number of pyridine rings is 1. The van der Waals surface area contributed by atoms with Crippen molar-refractivity contribution in [1.82, 2.24) is 15.2 Å². The molecule has 33 heavy (non-hydrogen) atoms. The number of halogens is 3. The number of rotatable bonds is 6. The number of amides is 1. The molecule has 0 spiro atoms. The quantitative estimate of drug-likeness (QED) is 0.712. The lowest BCUT2D eigenvalue weighted by molar-refractivity contribution is -0.137. The molecular formula is C24H29F3N4O2. The lowest BCUT2D eigenvalue weighted by atomic mass is 9.96. The molecule has 2 aromatic rings. The Kier molecular flexibility index (Phi) is 7.07. The zero-order chi connectivity index (χ0) is 23.4. The molecule has 1 fully saturated rings. The molecule has 2 aliphatic rings. The number of hydrogen-bond donors (Lipinski definition) is 1. The summed E-state index contributed by atoms with van der Waals surface area (Å²) in [6.45, 7) is 4.42. The largest absolute Gasteiger partial charge is 0.497 e. The second-order valence-corrected chi connectivity index (χ2v) is 8.62. The molecule has 2 aliphatic heterocycles. The number of carbonyl (C=O) groups excluding carboxylic acids is 1. The van der Waals surface area contributed by atoms with Crippen LogP contribution in [0, 0.1) is 5.92 Å². The van der Waals surface area contributed by atoms with Gasteiger partial charge < -0.3 is 15.0 Å². The molecule has 1 aromatic heterocycles. The van der Waals surface area contributed by atoms with Crippen molar-refractivity contribution < 1.29 is 22.7 Å². The molecule has 0 radical (unpaired) electrons. The van der Waals surface area contributed by atoms with E-state index in [0.717, 1.165) is 44.1 Å². The number of fused-ring (bicyclic) bond motifs is 1. The van der Waals surface area contributed by atoms with Gasteiger partial charge in [0.05, 0.1) is 12.7 Å². The Balaban J connectivity index is 1.19. The van der Waals surface area contributed by atoms with E-state index >= 15 is 0 Å². The summed E-state index contributed by atoms with van der Waals surface area (Å²) >= 11 is 0. The van der Waals surface area contributed by atoms with Gasteiger partial charge in [-0.25, -0.2) is 4.98 Å². The Hall–Kier alpha value is -2.81. The maximum Gasteiger partial charge on any atom is 0.417 e. The zero-order valence-corrected chi connectivity index (χ0v) is 18.7. The summed E-state index contributed by atoms with van der Waals surface area (Å²) in [6.07, 6.45) is -1.23. The van der Waals surface area contributed by atoms with Gasteiger partial charge in [0.25, 0.3) is 0 Å². The lowest BCUT2D eigenvalue weighted by Crippen LogP contribution is -2.43. The lowest BCUT2D eigenvalue weighted by Gasteiger charge is -2.32. The molecule has 1 saturated heterocycles. The summed E-state index contributed by atoms with van der Waals surface area (Å²) in [4.78, 5) is 20.8. The predicted octanol–water partition coefficient (Wildman–Crippen LogP) is 3.50. The summed E-state index contributed by atoms with van der Waals surface area (Å²) in [6, 6.07) is 8.64. The second kappa shape index (κ2) is 9.99. The van der Waals surface area contributed by atoms with E-state index in [2.05, 4.69) is 27.3 Å². The van der Waals surface area contributed by atoms with Crippen LogP contribution in [0.1, 0.15) is 29.5 Å². The number of ether oxygens (including phenoxy) is 1. The van der Waals surface area contributed by atoms with Crippen molar-refractivity contribution in [3.63, 3.8) is 0 Å². The number of methoxy groups -OCH3 is 1. The third-order valence-corrected chi connectivity index (χ3v) is 6.50. The van der Waals surface area contributed by atoms with Crippen molar-refractivity contribution >= 4 is 11.7 Å². The molecule has 0 bridgehead atoms. The normalized spacial score (nSPS) is 17.5. The highest BCUT2D eigenvalue weighted by atomic mass is 19.4. The van der Waals surface area contributed by atoms with Crippen LogP contribution in [0.2, 0.25) is 0 Å². The van der Waals surface area contributed by atoms with Crippen molar-refractivity contribution in [2.75, 3.05) is 44.7 Å². The Morgan fingerprint density at radius 2 is 1.94 bits per heavy atom. The van der Waals surface area contributed by atoms with Crippen molar-refractivity contribution in [2.45, 2.75) is 32.0 Å². The highest BCUT2D eigenvalue weighted by Crippen LogP contribution is 2.30. The summed E-state index contributed by atoms with van der Waals surface area (Å²) in [5, 5.41) is 3.06. The average molecular weight is 463 g/mol. The van der Waals surface area contributed by atoms with Gasteiger partial charge in [-0.15, -0.1) is 0 Å². The Labute approximate surface area is 191 Å². The van der Waals surface area contributed by atoms with Gasteiger partial charge in [-0.3, -0.25) is 9.69 Å². The van der Waals surface area contributed by atoms with E-state index in [1.165, 1.54) is 17.2 Å². The molecule has 1 N–H and O–H groups in total. The first-order valence-corrected chi connectivity index (χ1v) is 11.3. The fourth-order valence-electron chi connectivity index (χ4n) is 4.50. The van der Waals surface area contributed by atoms with Gasteiger partial charge in [0.2, 0.25) is 5.91 Å². The average Bonchev–Trinajstić information content (AvgIpc) is 2.83. The van der Waals surface area contributed by atoms with Crippen molar-refractivity contribution in [1.29, 1.82) is 0 Å². The van der Waals surface area contributed by atoms with Gasteiger partial charge in [0.1, 0.15) is 11.6 Å². The summed E-state index contributed by atoms with van der Waals surface area (Å²) in [5.41, 5.74) is 1.87. The summed E-state index contributed by atoms with van der Waals surface area (Å²) in [5.74, 6) is 1.38. The molecule has 0 unspecified atom stereocenters. The Morgan fingerprint density at radius 1 is 1.15 bits per heavy atom. The molecule has 178 valence electrons. The molecule has 1 amide bonds. The maximum atomic E-state index is 12.7. The number of nitrogens with one attached hydrogen (secondary N) is 1. The number of aromatic nitrogens is 1. The van der Waals surface area contributed by atoms with Crippen LogP contribution < -0.4 is 15.0 Å². The minimum absolute atomic E-state index is 0.0529. The number of benzene rings is 1. The first-order chi connectivity index (χ1) is 15.8. The van der Waals surface area contributed by atoms with E-state index in [0.29, 0.717) is 38.3 Å². The monoisotopic (exact) mass is 462 g/mol. The third-order valence-electron chi connectivity index (χ3n) is 6.50. The number of alkyl halides is 3. The highest BCUT2D eigenvalue weighted by molar-refractivity contribution is 5.79. The van der Waals surface area contributed by atoms with E-state index in [9.17, 15) is 18.0 Å². The minimum Gasteiger partial charge on any atom is -0.497 e. The molecule has 1 aromatic carbocycles. The van der Waals surface area contributed by atoms with Crippen LogP contribution >= 0.6 is 0 Å². The fraction of sp³-hybridized carbons (Fsp3) is 0.500. The first kappa shape index (κ1) is 23.4. The molecule has 6 nitrogen and oxygen atoms in total. The SMILES string of the molecule is COc1ccc2c(c1)CCN(CCNC(=O)C1CCN(c3ccc(C(F)(F)F)cn3)CC1)C2. The van der Waals surface area contributed by atoms with Crippen molar-refractivity contribution in [3.05, 3.63) is 53.2 Å². The molecule has 4 rings (SSSR count). The number of carbonyl (C=O) groups is 1. The summed E-state index contributed by atoms with van der Waals surface area (Å²) in [7, 11) is 1.68. The Morgan fingerprint density at radius 3 is 2.61 bits per heavy atom. The van der Waals surface area contributed by atoms with Gasteiger partial charge in [0.15, 0.2) is 0 Å². The Bertz CT molecular complexity index is 957. The van der Waals surface area contributed by atoms with Crippen LogP contribution in [0.4, 0.5) is 19.0 Å². The first-order valence-electron chi connectivity index (χ1n) is 11.3. The van der Waals surface area contributed by atoms with Crippen LogP contribution in [-0.4, -0.2) is 55.6 Å². The molecule has 0 aliphatic carbocycles. The van der Waals surface area contributed by atoms with Crippen LogP contribution in [0.15, 0.2) is 36.5 Å². The van der Waals surface area contributed by atoms with Gasteiger partial charge >= 0.3 is 6.18 Å². The smallest absolute Gasteiger partial charge is 0.417 e. The van der Waals surface area contributed by atoms with Crippen LogP contribution in [0.3, 0.4) is 0 Å². The van der Waals surface area contributed by atoms with Crippen LogP contribution in [0.25, 0.3) is 0 Å². The molecule has 0 saturated carbocycles. The van der Waals surface area contributed by atoms with Gasteiger partial charge in [-0.2, -0.15) is 13.2 Å². The van der Waals surface area contributed by atoms with E-state index in [1.54, 1.807) is 7.11 Å². The van der Waals surface area contributed by atoms with Gasteiger partial charge in [0, 0.05) is 51.4 Å². The topological polar surface area (TPSA) is 57.7 Å². The van der Waals surface area contributed by atoms with Crippen molar-refractivity contribution in [3.8, 4) is 5.75 Å². The second-order valence-electron chi connectivity index (χ2n) is 8.62. The molecular weight excluding hydrogens is 433 g/mol. The predicted molar refractivity (Wildman–Crippen MR) is 119 cm³/mol. The van der Waals surface area contributed by atoms with Crippen LogP contribution in [-0.2, 0) is 23.9 Å². The third kappa shape index (κ3) is 5.76. The molecule has 0 atom stereocenters. The van der Waals surface area contributed by atoms with E-state index in [1.807, 2.05) is 11.0 Å². The van der Waals surface area contributed by atoms with Gasteiger partial charge in [-0.1, -0.05) is 6.07 Å². The van der Waals surface area contributed by atoms with E-state index in [4.69, 9.17) is 4.74 Å². The van der Waals surface area contributed by atoms with Gasteiger partial charge in [-0.05, 0) is 54.7 Å². The zero-order valence-electron chi connectivity index (χ0n) is 18.7. The minimum atomic E-state index is -4.39.